The van der Waals surface area contributed by atoms with E-state index in [1.54, 1.807) is 45.4 Å². The van der Waals surface area contributed by atoms with E-state index >= 15 is 0 Å². The Morgan fingerprint density at radius 2 is 2.05 bits per heavy atom. The summed E-state index contributed by atoms with van der Waals surface area (Å²) in [5.74, 6) is 0. The number of hydrogen-bond acceptors (Lipinski definition) is 5. The van der Waals surface area contributed by atoms with Gasteiger partial charge in [0, 0.05) is 20.3 Å². The Kier molecular flexibility index (Phi) is 4.60. The van der Waals surface area contributed by atoms with Crippen LogP contribution in [0, 0.1) is 6.92 Å². The van der Waals surface area contributed by atoms with Crippen LogP contribution >= 0.6 is 32.9 Å². The van der Waals surface area contributed by atoms with Crippen molar-refractivity contribution < 1.29 is 9.47 Å². The Hall–Kier alpha value is -1.04. The predicted molar refractivity (Wildman–Crippen MR) is 88.5 cm³/mol. The van der Waals surface area contributed by atoms with Crippen LogP contribution < -0.4 is 0 Å². The maximum Gasteiger partial charge on any atom is 0.144 e. The van der Waals surface area contributed by atoms with E-state index in [-0.39, 0.29) is 6.10 Å². The molecule has 2 aliphatic rings. The normalized spacial score (nSPS) is 20.9. The molecule has 0 amide bonds. The summed E-state index contributed by atoms with van der Waals surface area (Å²) in [5, 5.41) is 2.11. The maximum atomic E-state index is 5.70. The van der Waals surface area contributed by atoms with Crippen molar-refractivity contribution in [2.75, 3.05) is 6.61 Å². The van der Waals surface area contributed by atoms with Crippen LogP contribution in [-0.4, -0.2) is 6.61 Å². The second kappa shape index (κ2) is 6.61. The van der Waals surface area contributed by atoms with Crippen molar-refractivity contribution in [1.82, 2.24) is 0 Å². The molecular formula is C15H14O2S3. The highest BCUT2D eigenvalue weighted by molar-refractivity contribution is 8.79. The average Bonchev–Trinajstić information content (AvgIpc) is 2.93. The average molecular weight is 322 g/mol. The highest BCUT2D eigenvalue weighted by Gasteiger charge is 2.16. The van der Waals surface area contributed by atoms with Gasteiger partial charge in [-0.3, -0.25) is 0 Å². The molecule has 0 radical (unpaired) electrons. The fraction of sp³-hybridized carbons (Fsp3) is 0.200. The van der Waals surface area contributed by atoms with Crippen molar-refractivity contribution in [2.24, 2.45) is 0 Å². The lowest BCUT2D eigenvalue weighted by molar-refractivity contribution is 0.186. The highest BCUT2D eigenvalue weighted by atomic mass is 33.1. The zero-order valence-electron chi connectivity index (χ0n) is 10.9. The molecule has 0 N–H and O–H groups in total. The van der Waals surface area contributed by atoms with Gasteiger partial charge in [0.25, 0.3) is 0 Å². The van der Waals surface area contributed by atoms with Gasteiger partial charge in [0.2, 0.25) is 0 Å². The highest BCUT2D eigenvalue weighted by Crippen LogP contribution is 2.41. The number of rotatable bonds is 4. The molecule has 1 atom stereocenters. The lowest BCUT2D eigenvalue weighted by Gasteiger charge is -2.18. The minimum Gasteiger partial charge on any atom is -0.497 e. The zero-order chi connectivity index (χ0) is 13.8. The molecule has 0 aliphatic carbocycles. The van der Waals surface area contributed by atoms with Crippen LogP contribution in [0.25, 0.3) is 0 Å². The molecule has 0 spiro atoms. The Morgan fingerprint density at radius 1 is 1.20 bits per heavy atom. The fourth-order valence-electron chi connectivity index (χ4n) is 1.87. The third-order valence-electron chi connectivity index (χ3n) is 2.92. The number of thiophene rings is 1. The standard InChI is InChI=1S/C15H14O2S3/c1-11-14(5-9-18-11)15-10-13(4-8-17-15)20-19-12-2-6-16-7-3-12/h2-6,8-10,15H,7H2,1H3. The van der Waals surface area contributed by atoms with Crippen LogP contribution in [0.2, 0.25) is 0 Å². The minimum absolute atomic E-state index is 0.0357. The quantitative estimate of drug-likeness (QED) is 0.697. The SMILES string of the molecule is Cc1sccc1C1C=C(SSC2=CCOC=C2)C=CO1. The molecule has 2 nitrogen and oxygen atoms in total. The monoisotopic (exact) mass is 322 g/mol. The first kappa shape index (κ1) is 13.9. The van der Waals surface area contributed by atoms with Crippen LogP contribution in [0.3, 0.4) is 0 Å². The molecule has 2 aliphatic heterocycles. The molecule has 0 saturated heterocycles. The van der Waals surface area contributed by atoms with Crippen molar-refractivity contribution in [2.45, 2.75) is 13.0 Å². The van der Waals surface area contributed by atoms with Crippen molar-refractivity contribution >= 4 is 32.9 Å². The van der Waals surface area contributed by atoms with Crippen molar-refractivity contribution in [3.05, 3.63) is 68.5 Å². The predicted octanol–water partition coefficient (Wildman–Crippen LogP) is 5.33. The number of ether oxygens (including phenoxy) is 2. The summed E-state index contributed by atoms with van der Waals surface area (Å²) >= 11 is 1.76. The Bertz CT molecular complexity index is 596. The van der Waals surface area contributed by atoms with Gasteiger partial charge in [-0.15, -0.1) is 11.3 Å². The number of hydrogen-bond donors (Lipinski definition) is 0. The Balaban J connectivity index is 1.65. The summed E-state index contributed by atoms with van der Waals surface area (Å²) in [6, 6.07) is 2.14. The van der Waals surface area contributed by atoms with E-state index in [0.29, 0.717) is 6.61 Å². The molecule has 3 heterocycles. The first-order chi connectivity index (χ1) is 9.83. The molecule has 5 heteroatoms. The molecule has 0 aromatic carbocycles. The summed E-state index contributed by atoms with van der Waals surface area (Å²) in [6.45, 7) is 2.79. The van der Waals surface area contributed by atoms with Crippen LogP contribution in [0.4, 0.5) is 0 Å². The molecule has 20 heavy (non-hydrogen) atoms. The summed E-state index contributed by atoms with van der Waals surface area (Å²) in [6.07, 6.45) is 11.8. The second-order valence-electron chi connectivity index (χ2n) is 4.27. The molecule has 104 valence electrons. The van der Waals surface area contributed by atoms with E-state index in [1.165, 1.54) is 20.3 Å². The Morgan fingerprint density at radius 3 is 2.80 bits per heavy atom. The van der Waals surface area contributed by atoms with Crippen LogP contribution in [0.1, 0.15) is 16.5 Å². The van der Waals surface area contributed by atoms with Crippen molar-refractivity contribution in [1.29, 1.82) is 0 Å². The van der Waals surface area contributed by atoms with Crippen LogP contribution in [0.15, 0.2) is 58.1 Å². The van der Waals surface area contributed by atoms with E-state index in [9.17, 15) is 0 Å². The van der Waals surface area contributed by atoms with Crippen LogP contribution in [0.5, 0.6) is 0 Å². The smallest absolute Gasteiger partial charge is 0.144 e. The van der Waals surface area contributed by atoms with Gasteiger partial charge in [-0.05, 0) is 42.7 Å². The van der Waals surface area contributed by atoms with Gasteiger partial charge >= 0.3 is 0 Å². The largest absolute Gasteiger partial charge is 0.497 e. The number of aryl methyl sites for hydroxylation is 1. The molecule has 3 rings (SSSR count). The zero-order valence-corrected chi connectivity index (χ0v) is 13.4. The number of allylic oxidation sites excluding steroid dienone is 2. The summed E-state index contributed by atoms with van der Waals surface area (Å²) in [7, 11) is 3.50. The first-order valence-corrected chi connectivity index (χ1v) is 9.26. The minimum atomic E-state index is 0.0357. The van der Waals surface area contributed by atoms with E-state index < -0.39 is 0 Å². The van der Waals surface area contributed by atoms with Crippen molar-refractivity contribution in [3.63, 3.8) is 0 Å². The summed E-state index contributed by atoms with van der Waals surface area (Å²) < 4.78 is 10.8. The molecule has 0 saturated carbocycles. The lowest BCUT2D eigenvalue weighted by atomic mass is 10.1. The molecule has 1 aromatic rings. The third-order valence-corrected chi connectivity index (χ3v) is 6.23. The third kappa shape index (κ3) is 3.34. The van der Waals surface area contributed by atoms with Gasteiger partial charge in [0.15, 0.2) is 0 Å². The van der Waals surface area contributed by atoms with E-state index in [4.69, 9.17) is 9.47 Å². The van der Waals surface area contributed by atoms with Gasteiger partial charge in [0.1, 0.15) is 12.7 Å². The maximum absolute atomic E-state index is 5.70. The van der Waals surface area contributed by atoms with Crippen LogP contribution in [-0.2, 0) is 9.47 Å². The van der Waals surface area contributed by atoms with E-state index in [1.807, 2.05) is 12.2 Å². The Labute approximate surface area is 130 Å². The topological polar surface area (TPSA) is 18.5 Å². The molecule has 1 unspecified atom stereocenters. The molecular weight excluding hydrogens is 308 g/mol. The summed E-state index contributed by atoms with van der Waals surface area (Å²) in [4.78, 5) is 3.76. The fourth-order valence-corrected chi connectivity index (χ4v) is 4.62. The first-order valence-electron chi connectivity index (χ1n) is 6.23. The molecule has 1 aromatic heterocycles. The summed E-state index contributed by atoms with van der Waals surface area (Å²) in [5.41, 5.74) is 1.26. The van der Waals surface area contributed by atoms with Gasteiger partial charge in [-0.25, -0.2) is 0 Å². The van der Waals surface area contributed by atoms with E-state index in [0.717, 1.165) is 0 Å². The second-order valence-corrected chi connectivity index (χ2v) is 7.67. The molecule has 0 bridgehead atoms. The van der Waals surface area contributed by atoms with Gasteiger partial charge in [-0.2, -0.15) is 0 Å². The van der Waals surface area contributed by atoms with Gasteiger partial charge in [-0.1, -0.05) is 21.6 Å². The van der Waals surface area contributed by atoms with E-state index in [2.05, 4.69) is 30.5 Å². The molecule has 0 fully saturated rings. The lowest BCUT2D eigenvalue weighted by Crippen LogP contribution is -2.01. The van der Waals surface area contributed by atoms with Gasteiger partial charge < -0.3 is 9.47 Å². The van der Waals surface area contributed by atoms with Gasteiger partial charge in [0.05, 0.1) is 12.5 Å². The van der Waals surface area contributed by atoms with Crippen molar-refractivity contribution in [3.8, 4) is 0 Å².